The molecule has 3 heteroatoms. The summed E-state index contributed by atoms with van der Waals surface area (Å²) in [6, 6.07) is 7.91. The third kappa shape index (κ3) is 5.33. The molecule has 21 heavy (non-hydrogen) atoms. The second-order valence-electron chi connectivity index (χ2n) is 6.91. The highest BCUT2D eigenvalue weighted by Gasteiger charge is 2.27. The Balaban J connectivity index is 2.77. The van der Waals surface area contributed by atoms with Gasteiger partial charge in [-0.05, 0) is 42.4 Å². The molecule has 0 spiro atoms. The van der Waals surface area contributed by atoms with Crippen molar-refractivity contribution < 1.29 is 9.84 Å². The predicted octanol–water partition coefficient (Wildman–Crippen LogP) is 3.56. The quantitative estimate of drug-likeness (QED) is 0.808. The molecule has 0 heterocycles. The lowest BCUT2D eigenvalue weighted by atomic mass is 9.76. The summed E-state index contributed by atoms with van der Waals surface area (Å²) in [5.74, 6) is 1.27. The molecule has 120 valence electrons. The van der Waals surface area contributed by atoms with Crippen molar-refractivity contribution in [3.8, 4) is 5.75 Å². The fourth-order valence-electron chi connectivity index (χ4n) is 2.37. The summed E-state index contributed by atoms with van der Waals surface area (Å²) in [5, 5.41) is 10.6. The van der Waals surface area contributed by atoms with Crippen LogP contribution in [0.2, 0.25) is 0 Å². The molecule has 1 rings (SSSR count). The second kappa shape index (κ2) is 7.81. The van der Waals surface area contributed by atoms with Gasteiger partial charge in [0.1, 0.15) is 5.75 Å². The fourth-order valence-corrected chi connectivity index (χ4v) is 2.37. The van der Waals surface area contributed by atoms with E-state index in [0.717, 1.165) is 17.7 Å². The van der Waals surface area contributed by atoms with E-state index in [4.69, 9.17) is 10.5 Å². The fraction of sp³-hybridized carbons (Fsp3) is 0.667. The van der Waals surface area contributed by atoms with Gasteiger partial charge < -0.3 is 15.6 Å². The van der Waals surface area contributed by atoms with Crippen LogP contribution in [0.3, 0.4) is 0 Å². The van der Waals surface area contributed by atoms with Crippen molar-refractivity contribution in [2.75, 3.05) is 13.2 Å². The van der Waals surface area contributed by atoms with Crippen molar-refractivity contribution in [3.63, 3.8) is 0 Å². The monoisotopic (exact) mass is 293 g/mol. The van der Waals surface area contributed by atoms with Gasteiger partial charge in [0.15, 0.2) is 0 Å². The average molecular weight is 293 g/mol. The lowest BCUT2D eigenvalue weighted by Crippen LogP contribution is -2.30. The minimum absolute atomic E-state index is 0.0227. The first-order valence-corrected chi connectivity index (χ1v) is 7.90. The molecule has 0 aliphatic rings. The van der Waals surface area contributed by atoms with E-state index in [9.17, 15) is 5.11 Å². The topological polar surface area (TPSA) is 55.5 Å². The SMILES string of the molecule is CCOc1ccc(C(CN)C(O)CC(C)C(C)(C)C)cc1. The number of hydrogen-bond acceptors (Lipinski definition) is 3. The van der Waals surface area contributed by atoms with Crippen molar-refractivity contribution in [2.24, 2.45) is 17.1 Å². The molecule has 0 aliphatic heterocycles. The molecule has 1 aromatic rings. The molecule has 0 saturated heterocycles. The summed E-state index contributed by atoms with van der Waals surface area (Å²) in [4.78, 5) is 0. The average Bonchev–Trinajstić information content (AvgIpc) is 2.40. The van der Waals surface area contributed by atoms with Crippen LogP contribution in [-0.2, 0) is 0 Å². The van der Waals surface area contributed by atoms with Crippen LogP contribution in [0.5, 0.6) is 5.75 Å². The first-order valence-electron chi connectivity index (χ1n) is 7.90. The van der Waals surface area contributed by atoms with Crippen LogP contribution < -0.4 is 10.5 Å². The summed E-state index contributed by atoms with van der Waals surface area (Å²) in [5.41, 5.74) is 7.17. The van der Waals surface area contributed by atoms with E-state index < -0.39 is 6.10 Å². The van der Waals surface area contributed by atoms with Gasteiger partial charge in [0.25, 0.3) is 0 Å². The van der Waals surface area contributed by atoms with Crippen LogP contribution in [0.15, 0.2) is 24.3 Å². The molecule has 3 unspecified atom stereocenters. The first kappa shape index (κ1) is 18.0. The molecule has 0 aromatic heterocycles. The van der Waals surface area contributed by atoms with E-state index in [1.54, 1.807) is 0 Å². The molecular formula is C18H31NO2. The standard InChI is InChI=1S/C18H31NO2/c1-6-21-15-9-7-14(8-10-15)16(12-19)17(20)11-13(2)18(3,4)5/h7-10,13,16-17,20H,6,11-12,19H2,1-5H3. The van der Waals surface area contributed by atoms with E-state index >= 15 is 0 Å². The minimum Gasteiger partial charge on any atom is -0.494 e. The lowest BCUT2D eigenvalue weighted by Gasteiger charge is -2.32. The largest absolute Gasteiger partial charge is 0.494 e. The molecule has 1 aromatic carbocycles. The highest BCUT2D eigenvalue weighted by molar-refractivity contribution is 5.30. The van der Waals surface area contributed by atoms with Gasteiger partial charge in [-0.25, -0.2) is 0 Å². The maximum Gasteiger partial charge on any atom is 0.119 e. The van der Waals surface area contributed by atoms with E-state index in [2.05, 4.69) is 27.7 Å². The van der Waals surface area contributed by atoms with Crippen LogP contribution in [0, 0.1) is 11.3 Å². The molecule has 3 N–H and O–H groups in total. The van der Waals surface area contributed by atoms with Crippen molar-refractivity contribution >= 4 is 0 Å². The van der Waals surface area contributed by atoms with Crippen LogP contribution in [0.25, 0.3) is 0 Å². The number of nitrogens with two attached hydrogens (primary N) is 1. The van der Waals surface area contributed by atoms with Gasteiger partial charge in [0.2, 0.25) is 0 Å². The number of hydrogen-bond donors (Lipinski definition) is 2. The van der Waals surface area contributed by atoms with Gasteiger partial charge in [0, 0.05) is 12.5 Å². The summed E-state index contributed by atoms with van der Waals surface area (Å²) in [6.45, 7) is 11.9. The minimum atomic E-state index is -0.415. The van der Waals surface area contributed by atoms with Crippen LogP contribution in [0.4, 0.5) is 0 Å². The van der Waals surface area contributed by atoms with E-state index in [-0.39, 0.29) is 11.3 Å². The Morgan fingerprint density at radius 2 is 1.76 bits per heavy atom. The molecule has 0 bridgehead atoms. The predicted molar refractivity (Wildman–Crippen MR) is 88.6 cm³/mol. The molecule has 0 saturated carbocycles. The van der Waals surface area contributed by atoms with Crippen LogP contribution in [0.1, 0.15) is 52.5 Å². The number of aliphatic hydroxyl groups is 1. The number of benzene rings is 1. The van der Waals surface area contributed by atoms with E-state index in [0.29, 0.717) is 19.1 Å². The van der Waals surface area contributed by atoms with E-state index in [1.165, 1.54) is 0 Å². The van der Waals surface area contributed by atoms with Gasteiger partial charge in [-0.1, -0.05) is 39.8 Å². The smallest absolute Gasteiger partial charge is 0.119 e. The third-order valence-corrected chi connectivity index (χ3v) is 4.41. The number of ether oxygens (including phenoxy) is 1. The van der Waals surface area contributed by atoms with Crippen molar-refractivity contribution in [1.82, 2.24) is 0 Å². The Hall–Kier alpha value is -1.06. The Morgan fingerprint density at radius 1 is 1.19 bits per heavy atom. The van der Waals surface area contributed by atoms with Crippen molar-refractivity contribution in [1.29, 1.82) is 0 Å². The van der Waals surface area contributed by atoms with E-state index in [1.807, 2.05) is 31.2 Å². The molecule has 3 nitrogen and oxygen atoms in total. The molecule has 0 amide bonds. The molecule has 3 atom stereocenters. The molecule has 0 aliphatic carbocycles. The van der Waals surface area contributed by atoms with Gasteiger partial charge in [-0.15, -0.1) is 0 Å². The van der Waals surface area contributed by atoms with Gasteiger partial charge in [0.05, 0.1) is 12.7 Å². The summed E-state index contributed by atoms with van der Waals surface area (Å²) < 4.78 is 5.45. The normalized spacial score (nSPS) is 16.3. The third-order valence-electron chi connectivity index (χ3n) is 4.41. The maximum atomic E-state index is 10.6. The number of aliphatic hydroxyl groups excluding tert-OH is 1. The summed E-state index contributed by atoms with van der Waals surface area (Å²) in [7, 11) is 0. The van der Waals surface area contributed by atoms with Gasteiger partial charge in [-0.3, -0.25) is 0 Å². The number of rotatable bonds is 7. The highest BCUT2D eigenvalue weighted by atomic mass is 16.5. The Morgan fingerprint density at radius 3 is 2.19 bits per heavy atom. The highest BCUT2D eigenvalue weighted by Crippen LogP contribution is 2.32. The molecular weight excluding hydrogens is 262 g/mol. The summed E-state index contributed by atoms with van der Waals surface area (Å²) in [6.07, 6.45) is 0.348. The Kier molecular flexibility index (Phi) is 6.69. The maximum absolute atomic E-state index is 10.6. The van der Waals surface area contributed by atoms with Gasteiger partial charge >= 0.3 is 0 Å². The van der Waals surface area contributed by atoms with Crippen LogP contribution >= 0.6 is 0 Å². The Labute approximate surface area is 129 Å². The molecule has 0 fully saturated rings. The van der Waals surface area contributed by atoms with Gasteiger partial charge in [-0.2, -0.15) is 0 Å². The lowest BCUT2D eigenvalue weighted by molar-refractivity contribution is 0.0894. The summed E-state index contributed by atoms with van der Waals surface area (Å²) >= 11 is 0. The zero-order valence-corrected chi connectivity index (χ0v) is 14.1. The molecule has 0 radical (unpaired) electrons. The van der Waals surface area contributed by atoms with Crippen molar-refractivity contribution in [2.45, 2.75) is 53.1 Å². The van der Waals surface area contributed by atoms with Crippen LogP contribution in [-0.4, -0.2) is 24.4 Å². The second-order valence-corrected chi connectivity index (χ2v) is 6.91. The zero-order chi connectivity index (χ0) is 16.0. The zero-order valence-electron chi connectivity index (χ0n) is 14.1. The first-order chi connectivity index (χ1) is 9.79. The Bertz CT molecular complexity index is 408. The van der Waals surface area contributed by atoms with Crippen molar-refractivity contribution in [3.05, 3.63) is 29.8 Å².